The summed E-state index contributed by atoms with van der Waals surface area (Å²) < 4.78 is 20.7. The molecule has 3 N–H and O–H groups in total. The van der Waals surface area contributed by atoms with Gasteiger partial charge in [0.2, 0.25) is 0 Å². The maximum atomic E-state index is 9.81. The van der Waals surface area contributed by atoms with Crippen LogP contribution in [0.25, 0.3) is 9.81 Å². The first-order valence-corrected chi connectivity index (χ1v) is 48.0. The number of aromatic hydroxyl groups is 3. The monoisotopic (exact) mass is 1520 g/mol. The third kappa shape index (κ3) is 17.5. The van der Waals surface area contributed by atoms with Crippen LogP contribution in [-0.2, 0) is 0 Å². The van der Waals surface area contributed by atoms with Crippen molar-refractivity contribution in [3.05, 3.63) is 252 Å². The van der Waals surface area contributed by atoms with E-state index in [-0.39, 0.29) is 26.7 Å². The lowest BCUT2D eigenvalue weighted by atomic mass is 10.0. The molecule has 9 aromatic rings. The lowest BCUT2D eigenvalue weighted by Gasteiger charge is -2.42. The minimum absolute atomic E-state index is 0.266. The van der Waals surface area contributed by atoms with E-state index in [2.05, 4.69) is 294 Å². The van der Waals surface area contributed by atoms with Crippen LogP contribution in [0.15, 0.2) is 248 Å². The fourth-order valence-corrected chi connectivity index (χ4v) is 40.4. The predicted octanol–water partition coefficient (Wildman–Crippen LogP) is 28.9. The summed E-state index contributed by atoms with van der Waals surface area (Å²) >= 11 is 11.3. The van der Waals surface area contributed by atoms with Crippen molar-refractivity contribution < 1.29 is 28.6 Å². The minimum atomic E-state index is -1.99. The van der Waals surface area contributed by atoms with Gasteiger partial charge in [0.15, 0.2) is 0 Å². The third-order valence-electron chi connectivity index (χ3n) is 20.9. The van der Waals surface area contributed by atoms with E-state index in [0.717, 1.165) is 22.8 Å². The van der Waals surface area contributed by atoms with Crippen molar-refractivity contribution in [2.24, 2.45) is 0 Å². The molecular weight excluding hydrogens is 1420 g/mol. The Labute approximate surface area is 639 Å². The van der Waals surface area contributed by atoms with Crippen LogP contribution >= 0.6 is 70.6 Å². The molecule has 0 unspecified atom stereocenters. The standard InChI is InChI=1S/2C29H36O2S2Si.C29H34O2S2Si/c3*1-19(2)34(20(3)4,21(5)6)31-25-17-13-23(14-18-25)29-28(22-11-15-24(30)16-12-22)32-26-9-7-8-10-27(26)33-29/h2*7-21,28-30H,1-6H3;7-21,30H,1-6H3/t28-,29+;28-,29-;/m10./s1. The lowest BCUT2D eigenvalue weighted by molar-refractivity contribution is 0.474. The highest BCUT2D eigenvalue weighted by Crippen LogP contribution is 2.62. The summed E-state index contributed by atoms with van der Waals surface area (Å²) in [5, 5.41) is 30.5. The first-order valence-electron chi connectivity index (χ1n) is 36.4. The van der Waals surface area contributed by atoms with Gasteiger partial charge in [0, 0.05) is 39.2 Å². The van der Waals surface area contributed by atoms with Crippen molar-refractivity contribution in [3.63, 3.8) is 0 Å². The number of fused-ring (bicyclic) bond motifs is 3. The van der Waals surface area contributed by atoms with Gasteiger partial charge >= 0.3 is 0 Å². The Morgan fingerprint density at radius 2 is 0.431 bits per heavy atom. The maximum Gasteiger partial charge on any atom is 0.258 e. The van der Waals surface area contributed by atoms with E-state index < -0.39 is 25.0 Å². The van der Waals surface area contributed by atoms with E-state index in [0.29, 0.717) is 61.4 Å². The van der Waals surface area contributed by atoms with Crippen LogP contribution in [0.1, 0.15) is 179 Å². The Hall–Kier alpha value is -5.73. The molecule has 538 valence electrons. The van der Waals surface area contributed by atoms with Gasteiger partial charge in [-0.2, -0.15) is 0 Å². The summed E-state index contributed by atoms with van der Waals surface area (Å²) in [4.78, 5) is 10.3. The molecule has 3 heterocycles. The molecule has 0 saturated carbocycles. The molecular formula is C87H106O6S6Si3. The van der Waals surface area contributed by atoms with Gasteiger partial charge in [0.1, 0.15) is 34.5 Å². The molecule has 15 heteroatoms. The van der Waals surface area contributed by atoms with Gasteiger partial charge < -0.3 is 28.6 Å². The van der Waals surface area contributed by atoms with E-state index in [4.69, 9.17) is 13.3 Å². The van der Waals surface area contributed by atoms with Crippen LogP contribution in [0.5, 0.6) is 34.5 Å². The molecule has 0 radical (unpaired) electrons. The summed E-state index contributed by atoms with van der Waals surface area (Å²) in [6.07, 6.45) is 0. The lowest BCUT2D eigenvalue weighted by Crippen LogP contribution is -2.50. The van der Waals surface area contributed by atoms with Gasteiger partial charge in [0.25, 0.3) is 25.0 Å². The quantitative estimate of drug-likeness (QED) is 0.0599. The summed E-state index contributed by atoms with van der Waals surface area (Å²) in [5.41, 5.74) is 12.3. The average molecular weight is 1520 g/mol. The number of rotatable bonds is 21. The fourth-order valence-electron chi connectivity index (χ4n) is 16.1. The fraction of sp³-hybridized carbons (Fsp3) is 0.356. The SMILES string of the molecule is CC(C)[Si](Oc1ccc(C2=C(c3ccc(O)cc3)Sc3ccccc3S2)cc1)(C(C)C)C(C)C.CC(C)[Si](Oc1ccc([C@@H]2Sc3ccccc3S[C@@H]2c2ccc(O)cc2)cc1)(C(C)C)C(C)C.CC(C)[Si](Oc1ccc([C@@H]2Sc3ccccc3S[C@H]2c2ccc(O)cc2)cc1)(C(C)C)C(C)C. The molecule has 0 aromatic heterocycles. The highest BCUT2D eigenvalue weighted by molar-refractivity contribution is 8.16. The molecule has 6 nitrogen and oxygen atoms in total. The largest absolute Gasteiger partial charge is 0.543 e. The zero-order valence-corrected chi connectivity index (χ0v) is 70.7. The van der Waals surface area contributed by atoms with Crippen LogP contribution in [0.4, 0.5) is 0 Å². The number of hydrogen-bond acceptors (Lipinski definition) is 12. The average Bonchev–Trinajstić information content (AvgIpc) is 0.776. The normalized spacial score (nSPS) is 17.0. The van der Waals surface area contributed by atoms with E-state index in [1.165, 1.54) is 67.0 Å². The summed E-state index contributed by atoms with van der Waals surface area (Å²) in [7, 11) is -5.94. The molecule has 0 saturated heterocycles. The van der Waals surface area contributed by atoms with Gasteiger partial charge in [-0.15, -0.1) is 47.0 Å². The number of benzene rings is 9. The van der Waals surface area contributed by atoms with Crippen molar-refractivity contribution in [1.82, 2.24) is 0 Å². The van der Waals surface area contributed by atoms with E-state index in [9.17, 15) is 15.3 Å². The zero-order chi connectivity index (χ0) is 73.4. The summed E-state index contributed by atoms with van der Waals surface area (Å²) in [6.45, 7) is 41.9. The highest BCUT2D eigenvalue weighted by Gasteiger charge is 2.49. The Balaban J connectivity index is 0.000000165. The van der Waals surface area contributed by atoms with Crippen molar-refractivity contribution in [2.45, 2.75) is 225 Å². The Morgan fingerprint density at radius 1 is 0.245 bits per heavy atom. The molecule has 3 aliphatic rings. The zero-order valence-electron chi connectivity index (χ0n) is 62.8. The second kappa shape index (κ2) is 34.7. The Morgan fingerprint density at radius 3 is 0.657 bits per heavy atom. The molecule has 0 spiro atoms. The summed E-state index contributed by atoms with van der Waals surface area (Å²) in [5.74, 6) is 3.89. The highest BCUT2D eigenvalue weighted by atomic mass is 32.2. The van der Waals surface area contributed by atoms with Gasteiger partial charge in [-0.25, -0.2) is 0 Å². The van der Waals surface area contributed by atoms with Gasteiger partial charge in [-0.1, -0.05) is 257 Å². The third-order valence-corrected chi connectivity index (χ3v) is 47.8. The molecule has 0 bridgehead atoms. The second-order valence-electron chi connectivity index (χ2n) is 30.0. The first-order chi connectivity index (χ1) is 48.7. The van der Waals surface area contributed by atoms with E-state index in [1.54, 1.807) is 48.2 Å². The molecule has 0 amide bonds. The minimum Gasteiger partial charge on any atom is -0.543 e. The van der Waals surface area contributed by atoms with Crippen LogP contribution in [0.3, 0.4) is 0 Å². The van der Waals surface area contributed by atoms with Crippen LogP contribution < -0.4 is 13.3 Å². The predicted molar refractivity (Wildman–Crippen MR) is 451 cm³/mol. The van der Waals surface area contributed by atoms with Gasteiger partial charge in [-0.05, 0) is 192 Å². The van der Waals surface area contributed by atoms with Crippen molar-refractivity contribution in [3.8, 4) is 34.5 Å². The van der Waals surface area contributed by atoms with Gasteiger partial charge in [0.05, 0.1) is 21.0 Å². The van der Waals surface area contributed by atoms with E-state index >= 15 is 0 Å². The van der Waals surface area contributed by atoms with Crippen LogP contribution in [0, 0.1) is 0 Å². The summed E-state index contributed by atoms with van der Waals surface area (Å²) in [6, 6.07) is 75.3. The molecule has 0 fully saturated rings. The number of thioether (sulfide) groups is 6. The number of phenols is 3. The van der Waals surface area contributed by atoms with Crippen molar-refractivity contribution in [1.29, 1.82) is 0 Å². The van der Waals surface area contributed by atoms with Crippen LogP contribution in [0.2, 0.25) is 49.9 Å². The number of hydrogen-bond donors (Lipinski definition) is 3. The maximum absolute atomic E-state index is 9.81. The van der Waals surface area contributed by atoms with Crippen LogP contribution in [-0.4, -0.2) is 40.3 Å². The first kappa shape index (κ1) is 78.8. The van der Waals surface area contributed by atoms with Gasteiger partial charge in [-0.3, -0.25) is 0 Å². The Kier molecular flexibility index (Phi) is 26.8. The Bertz CT molecular complexity index is 3970. The molecule has 9 aromatic carbocycles. The topological polar surface area (TPSA) is 88.4 Å². The molecule has 102 heavy (non-hydrogen) atoms. The van der Waals surface area contributed by atoms with Crippen molar-refractivity contribution >= 4 is 105 Å². The molecule has 4 atom stereocenters. The molecule has 0 aliphatic carbocycles. The molecule has 3 aliphatic heterocycles. The van der Waals surface area contributed by atoms with Crippen molar-refractivity contribution in [2.75, 3.05) is 0 Å². The van der Waals surface area contributed by atoms with E-state index in [1.807, 2.05) is 70.9 Å². The second-order valence-corrected chi connectivity index (χ2v) is 53.0. The number of phenolic OH excluding ortho intramolecular Hbond substituents is 3. The smallest absolute Gasteiger partial charge is 0.258 e. The molecule has 12 rings (SSSR count).